The van der Waals surface area contributed by atoms with E-state index >= 15 is 0 Å². The lowest BCUT2D eigenvalue weighted by Gasteiger charge is -2.25. The van der Waals surface area contributed by atoms with Gasteiger partial charge in [0, 0.05) is 12.5 Å². The Morgan fingerprint density at radius 2 is 2.10 bits per heavy atom. The second kappa shape index (κ2) is 7.73. The first-order chi connectivity index (χ1) is 9.85. The number of rotatable bonds is 7. The van der Waals surface area contributed by atoms with Crippen LogP contribution < -0.4 is 10.5 Å². The van der Waals surface area contributed by atoms with Crippen molar-refractivity contribution in [3.8, 4) is 5.75 Å². The molecule has 0 radical (unpaired) electrons. The van der Waals surface area contributed by atoms with Crippen LogP contribution in [0.25, 0.3) is 0 Å². The molecule has 0 aliphatic heterocycles. The van der Waals surface area contributed by atoms with E-state index in [1.165, 1.54) is 13.0 Å². The third kappa shape index (κ3) is 5.15. The molecule has 1 rings (SSSR count). The molecule has 0 fully saturated rings. The van der Waals surface area contributed by atoms with Gasteiger partial charge in [-0.05, 0) is 26.0 Å². The number of carbonyl (C=O) groups excluding carboxylic acids is 1. The molecule has 3 atom stereocenters. The largest absolute Gasteiger partial charge is 0.483 e. The van der Waals surface area contributed by atoms with Gasteiger partial charge < -0.3 is 15.2 Å². The van der Waals surface area contributed by atoms with Gasteiger partial charge in [0.2, 0.25) is 0 Å². The van der Waals surface area contributed by atoms with Crippen molar-refractivity contribution >= 4 is 5.97 Å². The number of hydrogen-bond acceptors (Lipinski definition) is 4. The molecule has 0 spiro atoms. The molecular weight excluding hydrogens is 280 g/mol. The quantitative estimate of drug-likeness (QED) is 0.621. The number of benzene rings is 1. The maximum atomic E-state index is 13.6. The highest BCUT2D eigenvalue weighted by molar-refractivity contribution is 5.75. The molecule has 2 N–H and O–H groups in total. The molecule has 1 aromatic carbocycles. The van der Waals surface area contributed by atoms with E-state index in [0.29, 0.717) is 6.42 Å². The second-order valence-corrected chi connectivity index (χ2v) is 4.69. The lowest BCUT2D eigenvalue weighted by Crippen LogP contribution is -2.38. The van der Waals surface area contributed by atoms with Crippen LogP contribution in [-0.2, 0) is 9.53 Å². The van der Waals surface area contributed by atoms with Crippen molar-refractivity contribution in [3.63, 3.8) is 0 Å². The van der Waals surface area contributed by atoms with Gasteiger partial charge in [0.05, 0.1) is 0 Å². The first kappa shape index (κ1) is 17.1. The van der Waals surface area contributed by atoms with Crippen molar-refractivity contribution in [2.24, 2.45) is 5.73 Å². The molecule has 0 unspecified atom stereocenters. The van der Waals surface area contributed by atoms with Gasteiger partial charge in [-0.3, -0.25) is 4.79 Å². The number of halogens is 2. The molecule has 0 amide bonds. The summed E-state index contributed by atoms with van der Waals surface area (Å²) in [6.07, 6.45) is 0.572. The van der Waals surface area contributed by atoms with Crippen LogP contribution in [0.2, 0.25) is 0 Å². The Morgan fingerprint density at radius 1 is 1.43 bits per heavy atom. The minimum Gasteiger partial charge on any atom is -0.483 e. The summed E-state index contributed by atoms with van der Waals surface area (Å²) < 4.78 is 37.0. The minimum absolute atomic E-state index is 0.119. The zero-order chi connectivity index (χ0) is 16.0. The van der Waals surface area contributed by atoms with Crippen LogP contribution in [0.4, 0.5) is 8.78 Å². The number of hydrogen-bond donors (Lipinski definition) is 1. The van der Waals surface area contributed by atoms with Gasteiger partial charge in [-0.2, -0.15) is 0 Å². The van der Waals surface area contributed by atoms with E-state index in [0.717, 1.165) is 12.1 Å². The first-order valence-electron chi connectivity index (χ1n) is 6.53. The zero-order valence-corrected chi connectivity index (χ0v) is 12.0. The molecule has 1 aromatic rings. The highest BCUT2D eigenvalue weighted by Gasteiger charge is 2.24. The third-order valence-electron chi connectivity index (χ3n) is 2.77. The van der Waals surface area contributed by atoms with Crippen molar-refractivity contribution in [1.29, 1.82) is 0 Å². The Hall–Kier alpha value is -1.95. The van der Waals surface area contributed by atoms with Gasteiger partial charge in [-0.25, -0.2) is 8.78 Å². The Labute approximate surface area is 122 Å². The molecule has 21 heavy (non-hydrogen) atoms. The molecule has 116 valence electrons. The molecule has 0 aliphatic carbocycles. The average Bonchev–Trinajstić information content (AvgIpc) is 2.40. The fraction of sp³-hybridized carbons (Fsp3) is 0.400. The number of esters is 1. The Kier molecular flexibility index (Phi) is 6.30. The SMILES string of the molecule is C=CC[C@@H](Oc1ccc(F)cc1F)[C@H](C)OC(=O)[C@H](C)N. The highest BCUT2D eigenvalue weighted by atomic mass is 19.1. The molecule has 0 aliphatic rings. The molecular formula is C15H19F2NO3. The summed E-state index contributed by atoms with van der Waals surface area (Å²) >= 11 is 0. The zero-order valence-electron chi connectivity index (χ0n) is 12.0. The summed E-state index contributed by atoms with van der Waals surface area (Å²) in [5, 5.41) is 0. The average molecular weight is 299 g/mol. The normalized spacial score (nSPS) is 14.9. The summed E-state index contributed by atoms with van der Waals surface area (Å²) in [5.41, 5.74) is 5.41. The van der Waals surface area contributed by atoms with Crippen LogP contribution in [0.3, 0.4) is 0 Å². The topological polar surface area (TPSA) is 61.5 Å². The molecule has 4 nitrogen and oxygen atoms in total. The number of nitrogens with two attached hydrogens (primary N) is 1. The van der Waals surface area contributed by atoms with Crippen LogP contribution in [0.15, 0.2) is 30.9 Å². The minimum atomic E-state index is -0.824. The van der Waals surface area contributed by atoms with Crippen LogP contribution in [-0.4, -0.2) is 24.2 Å². The lowest BCUT2D eigenvalue weighted by molar-refractivity contribution is -0.153. The van der Waals surface area contributed by atoms with Gasteiger partial charge in [0.1, 0.15) is 24.1 Å². The van der Waals surface area contributed by atoms with Gasteiger partial charge in [0.25, 0.3) is 0 Å². The molecule has 0 saturated carbocycles. The second-order valence-electron chi connectivity index (χ2n) is 4.69. The third-order valence-corrected chi connectivity index (χ3v) is 2.77. The van der Waals surface area contributed by atoms with Crippen molar-refractivity contribution in [2.45, 2.75) is 38.5 Å². The summed E-state index contributed by atoms with van der Waals surface area (Å²) in [6.45, 7) is 6.68. The van der Waals surface area contributed by atoms with E-state index in [4.69, 9.17) is 15.2 Å². The number of carbonyl (C=O) groups is 1. The van der Waals surface area contributed by atoms with Gasteiger partial charge in [-0.15, -0.1) is 6.58 Å². The van der Waals surface area contributed by atoms with E-state index < -0.39 is 35.9 Å². The Balaban J connectivity index is 2.81. The first-order valence-corrected chi connectivity index (χ1v) is 6.53. The van der Waals surface area contributed by atoms with Gasteiger partial charge >= 0.3 is 5.97 Å². The van der Waals surface area contributed by atoms with Crippen LogP contribution in [0, 0.1) is 11.6 Å². The Morgan fingerprint density at radius 3 is 2.62 bits per heavy atom. The molecule has 0 saturated heterocycles. The van der Waals surface area contributed by atoms with Crippen molar-refractivity contribution in [1.82, 2.24) is 0 Å². The van der Waals surface area contributed by atoms with E-state index in [1.807, 2.05) is 0 Å². The highest BCUT2D eigenvalue weighted by Crippen LogP contribution is 2.22. The van der Waals surface area contributed by atoms with Gasteiger partial charge in [-0.1, -0.05) is 6.08 Å². The fourth-order valence-corrected chi connectivity index (χ4v) is 1.60. The van der Waals surface area contributed by atoms with E-state index in [9.17, 15) is 13.6 Å². The van der Waals surface area contributed by atoms with Crippen molar-refractivity contribution in [2.75, 3.05) is 0 Å². The van der Waals surface area contributed by atoms with Crippen LogP contribution >= 0.6 is 0 Å². The van der Waals surface area contributed by atoms with Crippen LogP contribution in [0.1, 0.15) is 20.3 Å². The van der Waals surface area contributed by atoms with Crippen LogP contribution in [0.5, 0.6) is 5.75 Å². The van der Waals surface area contributed by atoms with E-state index in [2.05, 4.69) is 6.58 Å². The summed E-state index contributed by atoms with van der Waals surface area (Å²) in [4.78, 5) is 11.5. The lowest BCUT2D eigenvalue weighted by atomic mass is 10.1. The van der Waals surface area contributed by atoms with Crippen molar-refractivity contribution < 1.29 is 23.0 Å². The van der Waals surface area contributed by atoms with E-state index in [-0.39, 0.29) is 5.75 Å². The maximum Gasteiger partial charge on any atom is 0.323 e. The maximum absolute atomic E-state index is 13.6. The van der Waals surface area contributed by atoms with Gasteiger partial charge in [0.15, 0.2) is 11.6 Å². The standard InChI is InChI=1S/C15H19F2NO3/c1-4-5-13(10(3)20-15(19)9(2)18)21-14-7-6-11(16)8-12(14)17/h4,6-10,13H,1,5,18H2,2-3H3/t9-,10-,13+/m0/s1. The monoisotopic (exact) mass is 299 g/mol. The fourth-order valence-electron chi connectivity index (χ4n) is 1.60. The summed E-state index contributed by atoms with van der Waals surface area (Å²) in [5.74, 6) is -2.22. The Bertz CT molecular complexity index is 506. The smallest absolute Gasteiger partial charge is 0.323 e. The molecule has 0 aromatic heterocycles. The number of ether oxygens (including phenoxy) is 2. The predicted molar refractivity (Wildman–Crippen MR) is 74.8 cm³/mol. The molecule has 0 heterocycles. The summed E-state index contributed by atoms with van der Waals surface area (Å²) in [7, 11) is 0. The molecule has 0 bridgehead atoms. The predicted octanol–water partition coefficient (Wildman–Crippen LogP) is 2.57. The summed E-state index contributed by atoms with van der Waals surface area (Å²) in [6, 6.07) is 2.22. The molecule has 6 heteroatoms. The van der Waals surface area contributed by atoms with Crippen molar-refractivity contribution in [3.05, 3.63) is 42.5 Å². The van der Waals surface area contributed by atoms with E-state index in [1.54, 1.807) is 13.0 Å².